The molecule has 10 heteroatoms. The maximum atomic E-state index is 14.1. The van der Waals surface area contributed by atoms with Crippen LogP contribution < -0.4 is 10.5 Å². The second-order valence-corrected chi connectivity index (χ2v) is 10.5. The van der Waals surface area contributed by atoms with Crippen molar-refractivity contribution in [3.8, 4) is 28.4 Å². The Bertz CT molecular complexity index is 1410. The number of fused-ring (bicyclic) bond motifs is 4. The van der Waals surface area contributed by atoms with Gasteiger partial charge in [-0.1, -0.05) is 13.3 Å². The average molecular weight is 504 g/mol. The summed E-state index contributed by atoms with van der Waals surface area (Å²) in [7, 11) is 3.38. The average Bonchev–Trinajstić information content (AvgIpc) is 3.47. The fraction of sp³-hybridized carbons (Fsp3) is 0.519. The van der Waals surface area contributed by atoms with Gasteiger partial charge in [0, 0.05) is 18.7 Å². The molecule has 1 aromatic carbocycles. The van der Waals surface area contributed by atoms with Gasteiger partial charge in [0.05, 0.1) is 25.4 Å². The number of carbonyl (C=O) groups is 2. The first-order chi connectivity index (χ1) is 17.9. The summed E-state index contributed by atoms with van der Waals surface area (Å²) in [5, 5.41) is 12.6. The highest BCUT2D eigenvalue weighted by atomic mass is 16.5. The number of nitrogens with two attached hydrogens (primary N) is 1. The maximum absolute atomic E-state index is 14.1. The topological polar surface area (TPSA) is 121 Å². The first-order valence-electron chi connectivity index (χ1n) is 13.2. The zero-order valence-corrected chi connectivity index (χ0v) is 21.7. The molecule has 1 aliphatic carbocycles. The van der Waals surface area contributed by atoms with Gasteiger partial charge in [0.25, 0.3) is 5.91 Å². The lowest BCUT2D eigenvalue weighted by atomic mass is 9.61. The summed E-state index contributed by atoms with van der Waals surface area (Å²) in [5.74, 6) is 0.915. The van der Waals surface area contributed by atoms with E-state index in [0.717, 1.165) is 66.5 Å². The first-order valence-corrected chi connectivity index (χ1v) is 13.2. The Morgan fingerprint density at radius 3 is 2.68 bits per heavy atom. The Labute approximate surface area is 215 Å². The van der Waals surface area contributed by atoms with Gasteiger partial charge in [-0.15, -0.1) is 10.2 Å². The van der Waals surface area contributed by atoms with E-state index in [-0.39, 0.29) is 17.7 Å². The molecule has 2 N–H and O–H groups in total. The second kappa shape index (κ2) is 8.71. The van der Waals surface area contributed by atoms with Crippen molar-refractivity contribution in [2.45, 2.75) is 64.0 Å². The van der Waals surface area contributed by atoms with Crippen LogP contribution in [-0.2, 0) is 31.2 Å². The molecule has 2 aliphatic heterocycles. The van der Waals surface area contributed by atoms with Gasteiger partial charge in [0.2, 0.25) is 11.7 Å². The predicted molar refractivity (Wildman–Crippen MR) is 137 cm³/mol. The number of ether oxygens (including phenoxy) is 1. The normalized spacial score (nSPS) is 22.0. The fourth-order valence-corrected chi connectivity index (χ4v) is 6.74. The molecule has 2 amide bonds. The molecule has 2 fully saturated rings. The van der Waals surface area contributed by atoms with Gasteiger partial charge in [0.15, 0.2) is 0 Å². The lowest BCUT2D eigenvalue weighted by Gasteiger charge is -2.56. The number of nitrogens with zero attached hydrogens (tertiary/aromatic N) is 6. The molecular formula is C27H33N7O3. The third-order valence-electron chi connectivity index (χ3n) is 8.59. The Hall–Kier alpha value is -3.69. The minimum atomic E-state index is -0.838. The van der Waals surface area contributed by atoms with E-state index in [0.29, 0.717) is 36.8 Å². The van der Waals surface area contributed by atoms with Gasteiger partial charge in [-0.25, -0.2) is 0 Å². The molecule has 0 bridgehead atoms. The van der Waals surface area contributed by atoms with E-state index in [9.17, 15) is 9.59 Å². The molecule has 4 heterocycles. The minimum absolute atomic E-state index is 0.0837. The van der Waals surface area contributed by atoms with Crippen LogP contribution in [0.1, 0.15) is 60.6 Å². The van der Waals surface area contributed by atoms with E-state index >= 15 is 0 Å². The van der Waals surface area contributed by atoms with Gasteiger partial charge < -0.3 is 19.9 Å². The smallest absolute Gasteiger partial charge is 0.271 e. The van der Waals surface area contributed by atoms with Crippen LogP contribution in [0.25, 0.3) is 22.6 Å². The van der Waals surface area contributed by atoms with Crippen molar-refractivity contribution in [2.24, 2.45) is 18.7 Å². The number of benzene rings is 1. The van der Waals surface area contributed by atoms with Crippen LogP contribution in [0.2, 0.25) is 0 Å². The molecule has 0 unspecified atom stereocenters. The lowest BCUT2D eigenvalue weighted by molar-refractivity contribution is -0.145. The van der Waals surface area contributed by atoms with E-state index < -0.39 is 5.54 Å². The number of piperidine rings is 1. The number of methoxy groups -OCH3 is 1. The van der Waals surface area contributed by atoms with Crippen LogP contribution in [0.4, 0.5) is 0 Å². The standard InChI is InChI=1S/C27H33N7O3/c1-4-6-17-13-21(25(35)34-11-5-7-18-8-10-27(18,34)26(28)36)33-12-9-16-14-22(37-3)20(15-19(16)23(17)33)24-29-31-32(2)30-24/h13-15,18H,4-12H2,1-3H3,(H2,28,36)/t18-,27+/m1/s1. The predicted octanol–water partition coefficient (Wildman–Crippen LogP) is 2.73. The lowest BCUT2D eigenvalue weighted by Crippen LogP contribution is -2.70. The van der Waals surface area contributed by atoms with E-state index in [2.05, 4.69) is 39.0 Å². The van der Waals surface area contributed by atoms with Crippen LogP contribution in [-0.4, -0.2) is 60.7 Å². The van der Waals surface area contributed by atoms with Crippen LogP contribution in [0, 0.1) is 5.92 Å². The van der Waals surface area contributed by atoms with Crippen molar-refractivity contribution >= 4 is 11.8 Å². The monoisotopic (exact) mass is 503 g/mol. The summed E-state index contributed by atoms with van der Waals surface area (Å²) in [6.07, 6.45) is 6.02. The summed E-state index contributed by atoms with van der Waals surface area (Å²) in [6.45, 7) is 3.39. The molecule has 2 atom stereocenters. The summed E-state index contributed by atoms with van der Waals surface area (Å²) >= 11 is 0. The number of carbonyl (C=O) groups excluding carboxylic acids is 2. The first kappa shape index (κ1) is 23.7. The van der Waals surface area contributed by atoms with Gasteiger partial charge in [-0.05, 0) is 79.0 Å². The zero-order chi connectivity index (χ0) is 25.9. The number of hydrogen-bond donors (Lipinski definition) is 1. The molecule has 2 aromatic heterocycles. The quantitative estimate of drug-likeness (QED) is 0.552. The minimum Gasteiger partial charge on any atom is -0.496 e. The highest BCUT2D eigenvalue weighted by molar-refractivity contribution is 6.00. The van der Waals surface area contributed by atoms with E-state index in [1.165, 1.54) is 4.80 Å². The summed E-state index contributed by atoms with van der Waals surface area (Å²) < 4.78 is 7.84. The Balaban J connectivity index is 1.48. The third-order valence-corrected chi connectivity index (χ3v) is 8.59. The Kier molecular flexibility index (Phi) is 5.58. The molecule has 10 nitrogen and oxygen atoms in total. The molecule has 3 aliphatic rings. The molecular weight excluding hydrogens is 470 g/mol. The zero-order valence-electron chi connectivity index (χ0n) is 21.7. The van der Waals surface area contributed by atoms with Crippen molar-refractivity contribution in [1.82, 2.24) is 29.7 Å². The molecule has 1 saturated heterocycles. The van der Waals surface area contributed by atoms with Gasteiger partial charge in [-0.2, -0.15) is 4.80 Å². The number of aryl methyl sites for hydroxylation is 3. The van der Waals surface area contributed by atoms with Crippen molar-refractivity contribution in [3.63, 3.8) is 0 Å². The van der Waals surface area contributed by atoms with Gasteiger partial charge >= 0.3 is 0 Å². The van der Waals surface area contributed by atoms with Crippen molar-refractivity contribution in [1.29, 1.82) is 0 Å². The largest absolute Gasteiger partial charge is 0.496 e. The number of hydrogen-bond acceptors (Lipinski definition) is 6. The van der Waals surface area contributed by atoms with Crippen LogP contribution in [0.15, 0.2) is 18.2 Å². The molecule has 0 spiro atoms. The number of rotatable bonds is 6. The second-order valence-electron chi connectivity index (χ2n) is 10.5. The van der Waals surface area contributed by atoms with Gasteiger partial charge in [0.1, 0.15) is 17.0 Å². The summed E-state index contributed by atoms with van der Waals surface area (Å²) in [6, 6.07) is 6.16. The van der Waals surface area contributed by atoms with E-state index in [1.807, 2.05) is 6.07 Å². The van der Waals surface area contributed by atoms with Crippen LogP contribution in [0.3, 0.4) is 0 Å². The molecule has 6 rings (SSSR count). The van der Waals surface area contributed by atoms with Crippen LogP contribution >= 0.6 is 0 Å². The SMILES string of the molecule is CCCc1cc(C(=O)N2CCC[C@@H]3CC[C@@]32C(N)=O)n2c1-c1cc(-c3nnn(C)n3)c(OC)cc1CC2. The highest BCUT2D eigenvalue weighted by Crippen LogP contribution is 2.50. The van der Waals surface area contributed by atoms with E-state index in [4.69, 9.17) is 10.5 Å². The number of amides is 2. The number of primary amides is 1. The Morgan fingerprint density at radius 1 is 1.19 bits per heavy atom. The van der Waals surface area contributed by atoms with Crippen molar-refractivity contribution in [3.05, 3.63) is 35.0 Å². The molecule has 1 saturated carbocycles. The van der Waals surface area contributed by atoms with Crippen LogP contribution in [0.5, 0.6) is 5.75 Å². The fourth-order valence-electron chi connectivity index (χ4n) is 6.74. The van der Waals surface area contributed by atoms with E-state index in [1.54, 1.807) is 19.1 Å². The summed E-state index contributed by atoms with van der Waals surface area (Å²) in [5.41, 5.74) is 10.9. The number of aromatic nitrogens is 5. The third kappa shape index (κ3) is 3.41. The summed E-state index contributed by atoms with van der Waals surface area (Å²) in [4.78, 5) is 30.0. The van der Waals surface area contributed by atoms with Crippen molar-refractivity contribution < 1.29 is 14.3 Å². The number of likely N-dealkylation sites (tertiary alicyclic amines) is 1. The highest BCUT2D eigenvalue weighted by Gasteiger charge is 2.58. The Morgan fingerprint density at radius 2 is 2.03 bits per heavy atom. The molecule has 194 valence electrons. The van der Waals surface area contributed by atoms with Gasteiger partial charge in [-0.3, -0.25) is 9.59 Å². The molecule has 0 radical (unpaired) electrons. The molecule has 37 heavy (non-hydrogen) atoms. The molecule has 3 aromatic rings. The number of tetrazole rings is 1. The van der Waals surface area contributed by atoms with Crippen molar-refractivity contribution in [2.75, 3.05) is 13.7 Å². The maximum Gasteiger partial charge on any atom is 0.271 e.